The molecule has 1 aromatic heterocycles. The molecule has 0 unspecified atom stereocenters. The highest BCUT2D eigenvalue weighted by Gasteiger charge is 2.21. The lowest BCUT2D eigenvalue weighted by Crippen LogP contribution is -2.37. The fourth-order valence-corrected chi connectivity index (χ4v) is 2.05. The van der Waals surface area contributed by atoms with Gasteiger partial charge in [-0.05, 0) is 12.8 Å². The van der Waals surface area contributed by atoms with Crippen molar-refractivity contribution in [2.45, 2.75) is 18.9 Å². The summed E-state index contributed by atoms with van der Waals surface area (Å²) in [6.07, 6.45) is 5.68. The number of hydrogen-bond donors (Lipinski definition) is 0. The Balaban J connectivity index is 2.04. The second-order valence-electron chi connectivity index (χ2n) is 3.59. The highest BCUT2D eigenvalue weighted by molar-refractivity contribution is 6.31. The molecule has 15 heavy (non-hydrogen) atoms. The predicted molar refractivity (Wildman–Crippen MR) is 59.3 cm³/mol. The number of nitrogens with zero attached hydrogens (tertiary/aromatic N) is 3. The Morgan fingerprint density at radius 1 is 1.33 bits per heavy atom. The van der Waals surface area contributed by atoms with Gasteiger partial charge >= 0.3 is 0 Å². The molecular formula is C10H14ClN3O. The van der Waals surface area contributed by atoms with Crippen molar-refractivity contribution >= 4 is 17.4 Å². The lowest BCUT2D eigenvalue weighted by molar-refractivity contribution is 0.0818. The average molecular weight is 228 g/mol. The maximum atomic E-state index is 5.98. The maximum Gasteiger partial charge on any atom is 0.171 e. The van der Waals surface area contributed by atoms with E-state index in [9.17, 15) is 0 Å². The van der Waals surface area contributed by atoms with Gasteiger partial charge in [-0.25, -0.2) is 9.97 Å². The standard InChI is InChI=1S/C10H14ClN3O/c1-15-8-2-6-14(7-3-8)10-9(11)12-4-5-13-10/h4-5,8H,2-3,6-7H2,1H3. The minimum Gasteiger partial charge on any atom is -0.381 e. The largest absolute Gasteiger partial charge is 0.381 e. The summed E-state index contributed by atoms with van der Waals surface area (Å²) in [5.41, 5.74) is 0. The number of piperidine rings is 1. The molecule has 1 aliphatic heterocycles. The van der Waals surface area contributed by atoms with E-state index in [1.807, 2.05) is 0 Å². The van der Waals surface area contributed by atoms with Crippen molar-refractivity contribution in [3.8, 4) is 0 Å². The molecule has 0 amide bonds. The Morgan fingerprint density at radius 2 is 2.00 bits per heavy atom. The van der Waals surface area contributed by atoms with Gasteiger partial charge in [0.15, 0.2) is 11.0 Å². The predicted octanol–water partition coefficient (Wildman–Crippen LogP) is 1.75. The Labute approximate surface area is 94.2 Å². The van der Waals surface area contributed by atoms with Gasteiger partial charge in [0, 0.05) is 32.6 Å². The van der Waals surface area contributed by atoms with E-state index in [0.29, 0.717) is 11.3 Å². The number of aromatic nitrogens is 2. The van der Waals surface area contributed by atoms with Crippen molar-refractivity contribution in [3.63, 3.8) is 0 Å². The van der Waals surface area contributed by atoms with E-state index in [4.69, 9.17) is 16.3 Å². The van der Waals surface area contributed by atoms with Crippen molar-refractivity contribution in [1.29, 1.82) is 0 Å². The normalized spacial score (nSPS) is 18.1. The zero-order valence-corrected chi connectivity index (χ0v) is 9.44. The van der Waals surface area contributed by atoms with Gasteiger partial charge < -0.3 is 9.64 Å². The second kappa shape index (κ2) is 4.77. The topological polar surface area (TPSA) is 38.2 Å². The summed E-state index contributed by atoms with van der Waals surface area (Å²) in [6.45, 7) is 1.86. The van der Waals surface area contributed by atoms with Gasteiger partial charge in [-0.15, -0.1) is 0 Å². The van der Waals surface area contributed by atoms with E-state index < -0.39 is 0 Å². The minimum absolute atomic E-state index is 0.372. The third-order valence-electron chi connectivity index (χ3n) is 2.71. The SMILES string of the molecule is COC1CCN(c2nccnc2Cl)CC1. The third kappa shape index (κ3) is 2.38. The molecule has 0 saturated carbocycles. The molecule has 0 aromatic carbocycles. The van der Waals surface area contributed by atoms with Crippen molar-refractivity contribution in [2.24, 2.45) is 0 Å². The van der Waals surface area contributed by atoms with E-state index in [1.54, 1.807) is 19.5 Å². The van der Waals surface area contributed by atoms with Crippen LogP contribution in [0.4, 0.5) is 5.82 Å². The number of rotatable bonds is 2. The first-order chi connectivity index (χ1) is 7.31. The molecule has 4 nitrogen and oxygen atoms in total. The van der Waals surface area contributed by atoms with Crippen LogP contribution in [0, 0.1) is 0 Å². The number of hydrogen-bond acceptors (Lipinski definition) is 4. The van der Waals surface area contributed by atoms with Crippen molar-refractivity contribution in [3.05, 3.63) is 17.5 Å². The first-order valence-electron chi connectivity index (χ1n) is 5.05. The van der Waals surface area contributed by atoms with Crippen LogP contribution in [0.2, 0.25) is 5.15 Å². The maximum absolute atomic E-state index is 5.98. The van der Waals surface area contributed by atoms with Gasteiger partial charge in [0.25, 0.3) is 0 Å². The fraction of sp³-hybridized carbons (Fsp3) is 0.600. The molecule has 1 fully saturated rings. The van der Waals surface area contributed by atoms with Gasteiger partial charge in [-0.3, -0.25) is 0 Å². The number of halogens is 1. The zero-order chi connectivity index (χ0) is 10.7. The summed E-state index contributed by atoms with van der Waals surface area (Å²) in [5.74, 6) is 0.786. The molecule has 0 radical (unpaired) electrons. The molecular weight excluding hydrogens is 214 g/mol. The van der Waals surface area contributed by atoms with Gasteiger partial charge in [0.05, 0.1) is 6.10 Å². The van der Waals surface area contributed by atoms with Crippen LogP contribution in [0.25, 0.3) is 0 Å². The summed E-state index contributed by atoms with van der Waals surface area (Å²) in [6, 6.07) is 0. The lowest BCUT2D eigenvalue weighted by atomic mass is 10.1. The molecule has 82 valence electrons. The Kier molecular flexibility index (Phi) is 3.38. The van der Waals surface area contributed by atoms with Crippen molar-refractivity contribution < 1.29 is 4.74 Å². The Hall–Kier alpha value is -0.870. The number of anilines is 1. The summed E-state index contributed by atoms with van der Waals surface area (Å²) in [4.78, 5) is 10.4. The molecule has 1 aromatic rings. The van der Waals surface area contributed by atoms with Crippen LogP contribution in [-0.4, -0.2) is 36.3 Å². The Morgan fingerprint density at radius 3 is 2.60 bits per heavy atom. The van der Waals surface area contributed by atoms with Crippen LogP contribution in [-0.2, 0) is 4.74 Å². The molecule has 0 aliphatic carbocycles. The van der Waals surface area contributed by atoms with Crippen molar-refractivity contribution in [1.82, 2.24) is 9.97 Å². The highest BCUT2D eigenvalue weighted by atomic mass is 35.5. The van der Waals surface area contributed by atoms with Crippen LogP contribution >= 0.6 is 11.6 Å². The summed E-state index contributed by atoms with van der Waals surface area (Å²) >= 11 is 5.98. The molecule has 1 aliphatic rings. The summed E-state index contributed by atoms with van der Waals surface area (Å²) < 4.78 is 5.31. The van der Waals surface area contributed by atoms with Crippen LogP contribution in [0.15, 0.2) is 12.4 Å². The first kappa shape index (κ1) is 10.6. The number of ether oxygens (including phenoxy) is 1. The molecule has 0 bridgehead atoms. The fourth-order valence-electron chi connectivity index (χ4n) is 1.83. The molecule has 0 atom stereocenters. The molecule has 2 rings (SSSR count). The Bertz CT molecular complexity index is 326. The summed E-state index contributed by atoms with van der Waals surface area (Å²) in [7, 11) is 1.76. The quantitative estimate of drug-likeness (QED) is 0.772. The minimum atomic E-state index is 0.372. The van der Waals surface area contributed by atoms with E-state index in [-0.39, 0.29) is 0 Å². The van der Waals surface area contributed by atoms with Gasteiger partial charge in [-0.2, -0.15) is 0 Å². The lowest BCUT2D eigenvalue weighted by Gasteiger charge is -2.32. The average Bonchev–Trinajstić information content (AvgIpc) is 2.30. The van der Waals surface area contributed by atoms with Gasteiger partial charge in [0.1, 0.15) is 0 Å². The van der Waals surface area contributed by atoms with Crippen LogP contribution in [0.5, 0.6) is 0 Å². The van der Waals surface area contributed by atoms with Gasteiger partial charge in [-0.1, -0.05) is 11.6 Å². The third-order valence-corrected chi connectivity index (χ3v) is 2.98. The van der Waals surface area contributed by atoms with Crippen LogP contribution in [0.1, 0.15) is 12.8 Å². The second-order valence-corrected chi connectivity index (χ2v) is 3.95. The van der Waals surface area contributed by atoms with E-state index in [1.165, 1.54) is 0 Å². The molecule has 0 spiro atoms. The highest BCUT2D eigenvalue weighted by Crippen LogP contribution is 2.24. The van der Waals surface area contributed by atoms with E-state index in [0.717, 1.165) is 31.7 Å². The van der Waals surface area contributed by atoms with E-state index >= 15 is 0 Å². The molecule has 1 saturated heterocycles. The molecule has 2 heterocycles. The van der Waals surface area contributed by atoms with Gasteiger partial charge in [0.2, 0.25) is 0 Å². The first-order valence-corrected chi connectivity index (χ1v) is 5.43. The van der Waals surface area contributed by atoms with Crippen LogP contribution in [0.3, 0.4) is 0 Å². The monoisotopic (exact) mass is 227 g/mol. The number of methoxy groups -OCH3 is 1. The zero-order valence-electron chi connectivity index (χ0n) is 8.69. The molecule has 0 N–H and O–H groups in total. The van der Waals surface area contributed by atoms with E-state index in [2.05, 4.69) is 14.9 Å². The summed E-state index contributed by atoms with van der Waals surface area (Å²) in [5, 5.41) is 0.480. The van der Waals surface area contributed by atoms with Crippen molar-refractivity contribution in [2.75, 3.05) is 25.1 Å². The van der Waals surface area contributed by atoms with Crippen LogP contribution < -0.4 is 4.90 Å². The molecule has 5 heteroatoms. The smallest absolute Gasteiger partial charge is 0.171 e.